The minimum absolute atomic E-state index is 0.0754. The van der Waals surface area contributed by atoms with Gasteiger partial charge in [0, 0.05) is 15.8 Å². The molecule has 3 nitrogen and oxygen atoms in total. The fourth-order valence-corrected chi connectivity index (χ4v) is 4.74. The molecule has 0 bridgehead atoms. The van der Waals surface area contributed by atoms with Gasteiger partial charge in [-0.3, -0.25) is 0 Å². The molecule has 2 rings (SSSR count). The van der Waals surface area contributed by atoms with Gasteiger partial charge in [-0.1, -0.05) is 15.9 Å². The molecule has 0 saturated heterocycles. The van der Waals surface area contributed by atoms with E-state index in [1.54, 1.807) is 18.2 Å². The summed E-state index contributed by atoms with van der Waals surface area (Å²) >= 11 is 5.20. The van der Waals surface area contributed by atoms with Gasteiger partial charge in [-0.25, -0.2) is 13.1 Å². The van der Waals surface area contributed by atoms with Crippen molar-refractivity contribution >= 4 is 37.7 Å². The number of benzene rings is 1. The van der Waals surface area contributed by atoms with E-state index in [9.17, 15) is 8.42 Å². The molecule has 0 aliphatic heterocycles. The average molecular weight is 364 g/mol. The first-order chi connectivity index (χ1) is 8.92. The van der Waals surface area contributed by atoms with Crippen molar-refractivity contribution < 1.29 is 8.42 Å². The first-order valence-corrected chi connectivity index (χ1v) is 9.80. The Hall–Kier alpha value is -0.0400. The third-order valence-electron chi connectivity index (χ3n) is 3.48. The topological polar surface area (TPSA) is 46.2 Å². The van der Waals surface area contributed by atoms with Crippen LogP contribution in [0, 0.1) is 6.92 Å². The highest BCUT2D eigenvalue weighted by Crippen LogP contribution is 2.29. The maximum Gasteiger partial charge on any atom is 0.240 e. The lowest BCUT2D eigenvalue weighted by atomic mass is 10.2. The van der Waals surface area contributed by atoms with Gasteiger partial charge >= 0.3 is 0 Å². The smallest absolute Gasteiger partial charge is 0.208 e. The number of rotatable bonds is 4. The Morgan fingerprint density at radius 3 is 2.68 bits per heavy atom. The summed E-state index contributed by atoms with van der Waals surface area (Å²) in [5, 5.41) is 0.583. The number of halogens is 1. The molecule has 19 heavy (non-hydrogen) atoms. The van der Waals surface area contributed by atoms with E-state index in [1.165, 1.54) is 0 Å². The van der Waals surface area contributed by atoms with Crippen molar-refractivity contribution in [3.63, 3.8) is 0 Å². The lowest BCUT2D eigenvalue weighted by Crippen LogP contribution is -2.33. The Bertz CT molecular complexity index is 560. The van der Waals surface area contributed by atoms with E-state index in [0.717, 1.165) is 29.3 Å². The fraction of sp³-hybridized carbons (Fsp3) is 0.538. The maximum absolute atomic E-state index is 12.3. The Morgan fingerprint density at radius 1 is 1.37 bits per heavy atom. The Balaban J connectivity index is 2.12. The van der Waals surface area contributed by atoms with Gasteiger partial charge in [0.05, 0.1) is 4.90 Å². The van der Waals surface area contributed by atoms with Gasteiger partial charge in [0.2, 0.25) is 10.0 Å². The van der Waals surface area contributed by atoms with E-state index in [2.05, 4.69) is 26.9 Å². The number of aryl methyl sites for hydroxylation is 1. The summed E-state index contributed by atoms with van der Waals surface area (Å²) < 4.78 is 28.4. The van der Waals surface area contributed by atoms with E-state index in [1.807, 2.05) is 18.7 Å². The van der Waals surface area contributed by atoms with E-state index in [-0.39, 0.29) is 6.04 Å². The Kier molecular flexibility index (Phi) is 4.98. The van der Waals surface area contributed by atoms with Crippen LogP contribution in [-0.4, -0.2) is 26.0 Å². The minimum Gasteiger partial charge on any atom is -0.208 e. The summed E-state index contributed by atoms with van der Waals surface area (Å²) in [5.41, 5.74) is 0.927. The monoisotopic (exact) mass is 363 g/mol. The minimum atomic E-state index is -3.39. The zero-order chi connectivity index (χ0) is 14.0. The number of nitrogens with one attached hydrogen (secondary N) is 1. The summed E-state index contributed by atoms with van der Waals surface area (Å²) in [6.07, 6.45) is 5.03. The quantitative estimate of drug-likeness (QED) is 0.892. The predicted molar refractivity (Wildman–Crippen MR) is 84.1 cm³/mol. The van der Waals surface area contributed by atoms with Crippen LogP contribution < -0.4 is 4.72 Å². The van der Waals surface area contributed by atoms with Crippen LogP contribution in [0.2, 0.25) is 0 Å². The highest BCUT2D eigenvalue weighted by molar-refractivity contribution is 9.10. The van der Waals surface area contributed by atoms with E-state index in [0.29, 0.717) is 10.1 Å². The van der Waals surface area contributed by atoms with Crippen LogP contribution >= 0.6 is 27.7 Å². The SMILES string of the molecule is CSC1CCC(NS(=O)(=O)c2ccc(Br)c(C)c2)C1. The van der Waals surface area contributed by atoms with Crippen LogP contribution in [0.3, 0.4) is 0 Å². The second-order valence-electron chi connectivity index (χ2n) is 4.90. The van der Waals surface area contributed by atoms with Gasteiger partial charge in [0.15, 0.2) is 0 Å². The first kappa shape index (κ1) is 15.4. The molecule has 2 unspecified atom stereocenters. The molecule has 1 aromatic rings. The summed E-state index contributed by atoms with van der Waals surface area (Å²) in [5.74, 6) is 0. The van der Waals surface area contributed by atoms with Gasteiger partial charge < -0.3 is 0 Å². The number of thioether (sulfide) groups is 1. The Labute approximate surface area is 127 Å². The highest BCUT2D eigenvalue weighted by atomic mass is 79.9. The standard InChI is InChI=1S/C13H18BrNO2S2/c1-9-7-12(5-6-13(9)14)19(16,17)15-10-3-4-11(8-10)18-2/h5-7,10-11,15H,3-4,8H2,1-2H3. The predicted octanol–water partition coefficient (Wildman–Crippen LogP) is 3.32. The van der Waals surface area contributed by atoms with Crippen LogP contribution in [0.4, 0.5) is 0 Å². The molecule has 106 valence electrons. The molecule has 0 spiro atoms. The molecule has 6 heteroatoms. The molecule has 1 N–H and O–H groups in total. The molecular weight excluding hydrogens is 346 g/mol. The molecule has 0 aromatic heterocycles. The second-order valence-corrected chi connectivity index (χ2v) is 8.61. The largest absolute Gasteiger partial charge is 0.240 e. The van der Waals surface area contributed by atoms with E-state index in [4.69, 9.17) is 0 Å². The lowest BCUT2D eigenvalue weighted by Gasteiger charge is -2.14. The molecule has 1 saturated carbocycles. The summed E-state index contributed by atoms with van der Waals surface area (Å²) in [6.45, 7) is 1.89. The van der Waals surface area contributed by atoms with Crippen molar-refractivity contribution in [1.29, 1.82) is 0 Å². The zero-order valence-electron chi connectivity index (χ0n) is 11.0. The van der Waals surface area contributed by atoms with Crippen molar-refractivity contribution in [3.05, 3.63) is 28.2 Å². The first-order valence-electron chi connectivity index (χ1n) is 6.23. The molecule has 0 radical (unpaired) electrons. The molecule has 0 heterocycles. The maximum atomic E-state index is 12.3. The summed E-state index contributed by atoms with van der Waals surface area (Å²) in [6, 6.07) is 5.20. The third-order valence-corrected chi connectivity index (χ3v) is 6.98. The highest BCUT2D eigenvalue weighted by Gasteiger charge is 2.28. The van der Waals surface area contributed by atoms with Crippen molar-refractivity contribution in [2.75, 3.05) is 6.26 Å². The van der Waals surface area contributed by atoms with Gasteiger partial charge in [-0.15, -0.1) is 0 Å². The normalized spacial score (nSPS) is 23.7. The van der Waals surface area contributed by atoms with Crippen LogP contribution in [0.15, 0.2) is 27.6 Å². The van der Waals surface area contributed by atoms with Gasteiger partial charge in [-0.2, -0.15) is 11.8 Å². The molecule has 1 aliphatic rings. The molecule has 1 aliphatic carbocycles. The molecule has 1 aromatic carbocycles. The summed E-state index contributed by atoms with van der Waals surface area (Å²) in [7, 11) is -3.39. The average Bonchev–Trinajstić information content (AvgIpc) is 2.79. The third kappa shape index (κ3) is 3.74. The van der Waals surface area contributed by atoms with Gasteiger partial charge in [0.25, 0.3) is 0 Å². The van der Waals surface area contributed by atoms with E-state index < -0.39 is 10.0 Å². The molecule has 1 fully saturated rings. The van der Waals surface area contributed by atoms with Crippen LogP contribution in [0.25, 0.3) is 0 Å². The molecule has 0 amide bonds. The van der Waals surface area contributed by atoms with Crippen molar-refractivity contribution in [1.82, 2.24) is 4.72 Å². The second kappa shape index (κ2) is 6.16. The zero-order valence-corrected chi connectivity index (χ0v) is 14.2. The Morgan fingerprint density at radius 2 is 2.11 bits per heavy atom. The number of sulfonamides is 1. The lowest BCUT2D eigenvalue weighted by molar-refractivity contribution is 0.552. The molecule has 2 atom stereocenters. The number of hydrogen-bond acceptors (Lipinski definition) is 3. The van der Waals surface area contributed by atoms with Crippen molar-refractivity contribution in [3.8, 4) is 0 Å². The van der Waals surface area contributed by atoms with Gasteiger partial charge in [0.1, 0.15) is 0 Å². The molecular formula is C13H18BrNO2S2. The summed E-state index contributed by atoms with van der Waals surface area (Å²) in [4.78, 5) is 0.348. The van der Waals surface area contributed by atoms with Crippen LogP contribution in [0.1, 0.15) is 24.8 Å². The van der Waals surface area contributed by atoms with Crippen LogP contribution in [0.5, 0.6) is 0 Å². The van der Waals surface area contributed by atoms with Gasteiger partial charge in [-0.05, 0) is 56.2 Å². The van der Waals surface area contributed by atoms with Crippen LogP contribution in [-0.2, 0) is 10.0 Å². The van der Waals surface area contributed by atoms with E-state index >= 15 is 0 Å². The number of hydrogen-bond donors (Lipinski definition) is 1. The van der Waals surface area contributed by atoms with Crippen molar-refractivity contribution in [2.45, 2.75) is 42.4 Å². The fourth-order valence-electron chi connectivity index (χ4n) is 2.33. The van der Waals surface area contributed by atoms with Crippen molar-refractivity contribution in [2.24, 2.45) is 0 Å².